The SMILES string of the molecule is COC(=O)CNC1CCCn2nc(C(=O)Nc3cccc(-c4cccc(NC(=O)c5ccc(CNCCO)c(F)n5)c4Cl)c3Cl)cc21. The van der Waals surface area contributed by atoms with E-state index >= 15 is 0 Å². The molecule has 0 spiro atoms. The molecule has 15 heteroatoms. The molecule has 0 saturated heterocycles. The molecule has 0 fully saturated rings. The second kappa shape index (κ2) is 15.5. The standard InChI is InChI=1S/C32H32Cl2FN7O5/c1-47-27(44)17-37-21-9-4-13-42-26(21)15-25(41-42)32(46)40-23-8-3-6-20(29(23)34)19-5-2-7-22(28(19)33)39-31(45)24-11-10-18(30(35)38-24)16-36-12-14-43/h2-3,5-8,10-11,15,21,36-37,43H,4,9,12-14,16-17H2,1H3,(H,39,45)(H,40,46). The van der Waals surface area contributed by atoms with E-state index in [0.717, 1.165) is 18.5 Å². The molecule has 3 heterocycles. The van der Waals surface area contributed by atoms with Gasteiger partial charge in [0.25, 0.3) is 11.8 Å². The first-order chi connectivity index (χ1) is 22.7. The van der Waals surface area contributed by atoms with Crippen molar-refractivity contribution in [3.05, 3.63) is 93.2 Å². The van der Waals surface area contributed by atoms with E-state index in [-0.39, 0.29) is 64.4 Å². The lowest BCUT2D eigenvalue weighted by Crippen LogP contribution is -2.32. The van der Waals surface area contributed by atoms with E-state index in [1.807, 2.05) is 0 Å². The number of nitrogens with zero attached hydrogens (tertiary/aromatic N) is 3. The number of carbonyl (C=O) groups excluding carboxylic acids is 3. The summed E-state index contributed by atoms with van der Waals surface area (Å²) in [5, 5.41) is 25.2. The second-order valence-electron chi connectivity index (χ2n) is 10.6. The van der Waals surface area contributed by atoms with Gasteiger partial charge in [-0.2, -0.15) is 9.49 Å². The van der Waals surface area contributed by atoms with Crippen molar-refractivity contribution in [3.63, 3.8) is 0 Å². The predicted octanol–water partition coefficient (Wildman–Crippen LogP) is 4.58. The topological polar surface area (TPSA) is 160 Å². The molecule has 1 unspecified atom stereocenters. The van der Waals surface area contributed by atoms with E-state index in [1.54, 1.807) is 47.1 Å². The molecule has 0 aliphatic carbocycles. The molecule has 1 aliphatic heterocycles. The van der Waals surface area contributed by atoms with Crippen molar-refractivity contribution in [3.8, 4) is 11.1 Å². The fourth-order valence-corrected chi connectivity index (χ4v) is 5.70. The van der Waals surface area contributed by atoms with Crippen LogP contribution in [0.3, 0.4) is 0 Å². The van der Waals surface area contributed by atoms with E-state index in [1.165, 1.54) is 19.2 Å². The van der Waals surface area contributed by atoms with Crippen molar-refractivity contribution in [2.24, 2.45) is 0 Å². The fourth-order valence-electron chi connectivity index (χ4n) is 5.15. The number of aliphatic hydroxyl groups is 1. The molecule has 2 aromatic heterocycles. The second-order valence-corrected chi connectivity index (χ2v) is 11.4. The highest BCUT2D eigenvalue weighted by Gasteiger charge is 2.26. The van der Waals surface area contributed by atoms with Crippen molar-refractivity contribution < 1.29 is 28.6 Å². The van der Waals surface area contributed by atoms with Crippen LogP contribution in [0.25, 0.3) is 11.1 Å². The number of esters is 1. The number of amides is 2. The Morgan fingerprint density at radius 2 is 1.66 bits per heavy atom. The summed E-state index contributed by atoms with van der Waals surface area (Å²) in [7, 11) is 1.32. The van der Waals surface area contributed by atoms with Crippen molar-refractivity contribution in [1.29, 1.82) is 0 Å². The number of hydrogen-bond donors (Lipinski definition) is 5. The Kier molecular flexibility index (Phi) is 11.2. The van der Waals surface area contributed by atoms with Crippen LogP contribution in [0, 0.1) is 5.95 Å². The molecule has 4 aromatic rings. The van der Waals surface area contributed by atoms with E-state index in [4.69, 9.17) is 33.0 Å². The lowest BCUT2D eigenvalue weighted by Gasteiger charge is -2.24. The van der Waals surface area contributed by atoms with Crippen LogP contribution in [0.1, 0.15) is 51.1 Å². The van der Waals surface area contributed by atoms with Crippen LogP contribution in [0.5, 0.6) is 0 Å². The molecule has 2 aromatic carbocycles. The highest BCUT2D eigenvalue weighted by molar-refractivity contribution is 6.40. The van der Waals surface area contributed by atoms with E-state index in [0.29, 0.717) is 29.9 Å². The maximum absolute atomic E-state index is 14.5. The van der Waals surface area contributed by atoms with E-state index < -0.39 is 17.8 Å². The first kappa shape index (κ1) is 33.9. The fraction of sp³-hybridized carbons (Fsp3) is 0.281. The van der Waals surface area contributed by atoms with Gasteiger partial charge in [-0.3, -0.25) is 24.4 Å². The zero-order valence-corrected chi connectivity index (χ0v) is 26.8. The van der Waals surface area contributed by atoms with Gasteiger partial charge in [0.05, 0.1) is 47.4 Å². The van der Waals surface area contributed by atoms with E-state index in [9.17, 15) is 18.8 Å². The zero-order chi connectivity index (χ0) is 33.5. The molecule has 5 N–H and O–H groups in total. The number of rotatable bonds is 12. The quantitative estimate of drug-likeness (QED) is 0.0819. The molecule has 0 bridgehead atoms. The highest BCUT2D eigenvalue weighted by Crippen LogP contribution is 2.40. The van der Waals surface area contributed by atoms with Crippen LogP contribution >= 0.6 is 23.2 Å². The number of fused-ring (bicyclic) bond motifs is 1. The Hall–Kier alpha value is -4.40. The number of aromatic nitrogens is 3. The number of aryl methyl sites for hydroxylation is 1. The van der Waals surface area contributed by atoms with Crippen molar-refractivity contribution in [1.82, 2.24) is 25.4 Å². The third-order valence-corrected chi connectivity index (χ3v) is 8.34. The number of methoxy groups -OCH3 is 1. The van der Waals surface area contributed by atoms with Gasteiger partial charge in [-0.05, 0) is 37.1 Å². The third-order valence-electron chi connectivity index (χ3n) is 7.53. The van der Waals surface area contributed by atoms with Crippen molar-refractivity contribution in [2.75, 3.05) is 37.4 Å². The minimum Gasteiger partial charge on any atom is -0.468 e. The van der Waals surface area contributed by atoms with Crippen LogP contribution in [-0.2, 0) is 22.6 Å². The summed E-state index contributed by atoms with van der Waals surface area (Å²) in [6.07, 6.45) is 1.60. The number of benzene rings is 2. The van der Waals surface area contributed by atoms with Gasteiger partial charge in [-0.25, -0.2) is 4.98 Å². The van der Waals surface area contributed by atoms with Crippen LogP contribution in [-0.4, -0.2) is 64.5 Å². The van der Waals surface area contributed by atoms with Crippen LogP contribution in [0.15, 0.2) is 54.6 Å². The average molecular weight is 685 g/mol. The van der Waals surface area contributed by atoms with Gasteiger partial charge < -0.3 is 25.8 Å². The number of aliphatic hydroxyl groups excluding tert-OH is 1. The molecule has 1 atom stereocenters. The maximum atomic E-state index is 14.5. The van der Waals surface area contributed by atoms with Crippen LogP contribution < -0.4 is 21.3 Å². The summed E-state index contributed by atoms with van der Waals surface area (Å²) in [5.41, 5.74) is 2.62. The number of ether oxygens (including phenoxy) is 1. The van der Waals surface area contributed by atoms with Gasteiger partial charge in [-0.1, -0.05) is 53.5 Å². The molecule has 246 valence electrons. The zero-order valence-electron chi connectivity index (χ0n) is 25.3. The number of nitrogens with one attached hydrogen (secondary N) is 4. The molecule has 1 aliphatic rings. The summed E-state index contributed by atoms with van der Waals surface area (Å²) in [6, 6.07) is 14.4. The van der Waals surface area contributed by atoms with Crippen molar-refractivity contribution >= 4 is 52.4 Å². The van der Waals surface area contributed by atoms with Crippen LogP contribution in [0.4, 0.5) is 15.8 Å². The van der Waals surface area contributed by atoms with Gasteiger partial charge in [0.2, 0.25) is 5.95 Å². The summed E-state index contributed by atoms with van der Waals surface area (Å²) in [4.78, 5) is 41.6. The molecule has 0 saturated carbocycles. The van der Waals surface area contributed by atoms with Gasteiger partial charge in [0, 0.05) is 42.4 Å². The maximum Gasteiger partial charge on any atom is 0.319 e. The average Bonchev–Trinajstić information content (AvgIpc) is 3.52. The molecule has 2 amide bonds. The molecular weight excluding hydrogens is 652 g/mol. The Morgan fingerprint density at radius 3 is 2.28 bits per heavy atom. The Morgan fingerprint density at radius 1 is 1.00 bits per heavy atom. The first-order valence-electron chi connectivity index (χ1n) is 14.7. The molecule has 47 heavy (non-hydrogen) atoms. The molecule has 12 nitrogen and oxygen atoms in total. The molecule has 5 rings (SSSR count). The summed E-state index contributed by atoms with van der Waals surface area (Å²) in [6.45, 7) is 1.03. The molecule has 0 radical (unpaired) electrons. The highest BCUT2D eigenvalue weighted by atomic mass is 35.5. The number of carbonyl (C=O) groups is 3. The van der Waals surface area contributed by atoms with Gasteiger partial charge >= 0.3 is 5.97 Å². The smallest absolute Gasteiger partial charge is 0.319 e. The Balaban J connectivity index is 1.31. The number of halogens is 3. The van der Waals surface area contributed by atoms with Gasteiger partial charge in [0.15, 0.2) is 5.69 Å². The summed E-state index contributed by atoms with van der Waals surface area (Å²) < 4.78 is 20.9. The minimum absolute atomic E-state index is 0.0386. The lowest BCUT2D eigenvalue weighted by molar-refractivity contribution is -0.139. The van der Waals surface area contributed by atoms with Gasteiger partial charge in [0.1, 0.15) is 5.69 Å². The molecular formula is C32H32Cl2FN7O5. The Bertz CT molecular complexity index is 1800. The van der Waals surface area contributed by atoms with E-state index in [2.05, 4.69) is 31.3 Å². The lowest BCUT2D eigenvalue weighted by atomic mass is 10.0. The predicted molar refractivity (Wildman–Crippen MR) is 175 cm³/mol. The summed E-state index contributed by atoms with van der Waals surface area (Å²) in [5.74, 6) is -2.33. The van der Waals surface area contributed by atoms with Crippen molar-refractivity contribution in [2.45, 2.75) is 32.0 Å². The number of hydrogen-bond acceptors (Lipinski definition) is 9. The minimum atomic E-state index is -0.806. The normalized spacial score (nSPS) is 13.9. The third kappa shape index (κ3) is 7.95. The monoisotopic (exact) mass is 683 g/mol. The van der Waals surface area contributed by atoms with Crippen LogP contribution in [0.2, 0.25) is 10.0 Å². The largest absolute Gasteiger partial charge is 0.468 e. The van der Waals surface area contributed by atoms with Gasteiger partial charge in [-0.15, -0.1) is 0 Å². The Labute approximate surface area is 279 Å². The number of anilines is 2. The summed E-state index contributed by atoms with van der Waals surface area (Å²) >= 11 is 13.5. The first-order valence-corrected chi connectivity index (χ1v) is 15.5. The number of pyridine rings is 1.